The van der Waals surface area contributed by atoms with Crippen LogP contribution in [0.25, 0.3) is 0 Å². The van der Waals surface area contributed by atoms with Crippen LogP contribution in [-0.4, -0.2) is 49.9 Å². The quantitative estimate of drug-likeness (QED) is 0.729. The predicted molar refractivity (Wildman–Crippen MR) is 124 cm³/mol. The van der Waals surface area contributed by atoms with Crippen molar-refractivity contribution in [2.24, 2.45) is 0 Å². The van der Waals surface area contributed by atoms with Gasteiger partial charge in [0.15, 0.2) is 0 Å². The van der Waals surface area contributed by atoms with Crippen LogP contribution in [0.2, 0.25) is 0 Å². The van der Waals surface area contributed by atoms with E-state index in [4.69, 9.17) is 0 Å². The van der Waals surface area contributed by atoms with Gasteiger partial charge in [-0.3, -0.25) is 14.5 Å². The van der Waals surface area contributed by atoms with Gasteiger partial charge in [-0.15, -0.1) is 0 Å². The number of carbonyl (C=O) groups excluding carboxylic acids is 2. The predicted octanol–water partition coefficient (Wildman–Crippen LogP) is 3.27. The van der Waals surface area contributed by atoms with E-state index in [2.05, 4.69) is 45.7 Å². The number of benzene rings is 2. The molecule has 0 bridgehead atoms. The lowest BCUT2D eigenvalue weighted by Gasteiger charge is -2.35. The van der Waals surface area contributed by atoms with Gasteiger partial charge in [-0.25, -0.2) is 0 Å². The second-order valence-electron chi connectivity index (χ2n) is 8.71. The number of hydrogen-bond acceptors (Lipinski definition) is 4. The average Bonchev–Trinajstić information content (AvgIpc) is 3.14. The van der Waals surface area contributed by atoms with Crippen LogP contribution in [0.15, 0.2) is 42.5 Å². The van der Waals surface area contributed by atoms with E-state index in [9.17, 15) is 9.59 Å². The zero-order valence-electron chi connectivity index (χ0n) is 18.5. The molecule has 0 unspecified atom stereocenters. The van der Waals surface area contributed by atoms with Crippen molar-refractivity contribution in [3.8, 4) is 0 Å². The molecule has 2 aliphatic heterocycles. The maximum Gasteiger partial charge on any atom is 0.313 e. The summed E-state index contributed by atoms with van der Waals surface area (Å²) in [6, 6.07) is 14.2. The maximum atomic E-state index is 12.5. The molecule has 2 heterocycles. The van der Waals surface area contributed by atoms with Gasteiger partial charge in [0.1, 0.15) is 0 Å². The lowest BCUT2D eigenvalue weighted by molar-refractivity contribution is -0.136. The van der Waals surface area contributed by atoms with Crippen LogP contribution >= 0.6 is 0 Å². The number of likely N-dealkylation sites (N-methyl/N-ethyl adjacent to an activating group) is 1. The lowest BCUT2D eigenvalue weighted by Crippen LogP contribution is -2.43. The molecular weight excluding hydrogens is 388 g/mol. The summed E-state index contributed by atoms with van der Waals surface area (Å²) in [5.74, 6) is -1.22. The molecule has 0 saturated carbocycles. The first-order chi connectivity index (χ1) is 15.0. The minimum Gasteiger partial charge on any atom is -0.374 e. The minimum atomic E-state index is -0.626. The third-order valence-corrected chi connectivity index (χ3v) is 6.39. The Bertz CT molecular complexity index is 952. The molecule has 0 aromatic heterocycles. The molecule has 31 heavy (non-hydrogen) atoms. The molecule has 2 aromatic rings. The van der Waals surface area contributed by atoms with Gasteiger partial charge in [0.2, 0.25) is 0 Å². The van der Waals surface area contributed by atoms with Crippen molar-refractivity contribution < 1.29 is 9.59 Å². The van der Waals surface area contributed by atoms with Gasteiger partial charge in [0, 0.05) is 31.5 Å². The Balaban J connectivity index is 1.45. The van der Waals surface area contributed by atoms with Crippen LogP contribution in [0.4, 0.5) is 11.4 Å². The number of fused-ring (bicyclic) bond motifs is 1. The van der Waals surface area contributed by atoms with Crippen molar-refractivity contribution in [3.63, 3.8) is 0 Å². The van der Waals surface area contributed by atoms with Crippen molar-refractivity contribution in [1.82, 2.24) is 10.2 Å². The maximum absolute atomic E-state index is 12.5. The number of nitrogens with one attached hydrogen (secondary N) is 2. The van der Waals surface area contributed by atoms with Gasteiger partial charge in [-0.2, -0.15) is 0 Å². The number of rotatable bonds is 5. The Kier molecular flexibility index (Phi) is 6.56. The van der Waals surface area contributed by atoms with Gasteiger partial charge in [-0.05, 0) is 74.2 Å². The number of piperidine rings is 1. The van der Waals surface area contributed by atoms with Crippen LogP contribution in [0, 0.1) is 6.92 Å². The molecule has 2 amide bonds. The molecule has 0 radical (unpaired) electrons. The Morgan fingerprint density at radius 2 is 1.81 bits per heavy atom. The van der Waals surface area contributed by atoms with Crippen LogP contribution in [-0.2, 0) is 16.0 Å². The highest BCUT2D eigenvalue weighted by Crippen LogP contribution is 2.32. The second kappa shape index (κ2) is 9.52. The topological polar surface area (TPSA) is 64.7 Å². The fourth-order valence-corrected chi connectivity index (χ4v) is 4.66. The van der Waals surface area contributed by atoms with Gasteiger partial charge in [-0.1, -0.05) is 30.7 Å². The van der Waals surface area contributed by atoms with Gasteiger partial charge in [0.25, 0.3) is 0 Å². The number of likely N-dealkylation sites (tertiary alicyclic amines) is 1. The second-order valence-corrected chi connectivity index (χ2v) is 8.71. The SMILES string of the molecule is Cc1cccc(NC(=O)C(=O)NC[C@H](c2ccc3c(c2)CCN3C)N2CCCCC2)c1. The molecule has 1 fully saturated rings. The molecule has 1 saturated heterocycles. The van der Waals surface area contributed by atoms with E-state index >= 15 is 0 Å². The summed E-state index contributed by atoms with van der Waals surface area (Å²) < 4.78 is 0. The number of anilines is 2. The van der Waals surface area contributed by atoms with Crippen LogP contribution in [0.1, 0.15) is 42.0 Å². The largest absolute Gasteiger partial charge is 0.374 e. The number of carbonyl (C=O) groups is 2. The van der Waals surface area contributed by atoms with Crippen molar-refractivity contribution in [3.05, 3.63) is 59.2 Å². The Hall–Kier alpha value is -2.86. The fraction of sp³-hybridized carbons (Fsp3) is 0.440. The van der Waals surface area contributed by atoms with Crippen molar-refractivity contribution in [2.75, 3.05) is 43.4 Å². The third kappa shape index (κ3) is 5.07. The fourth-order valence-electron chi connectivity index (χ4n) is 4.66. The first-order valence-electron chi connectivity index (χ1n) is 11.2. The summed E-state index contributed by atoms with van der Waals surface area (Å²) in [5.41, 5.74) is 5.55. The molecule has 1 atom stereocenters. The number of nitrogens with zero attached hydrogens (tertiary/aromatic N) is 2. The number of aryl methyl sites for hydroxylation is 1. The third-order valence-electron chi connectivity index (χ3n) is 6.39. The molecule has 0 aliphatic carbocycles. The van der Waals surface area contributed by atoms with Gasteiger partial charge in [0.05, 0.1) is 6.04 Å². The normalized spacial score (nSPS) is 17.2. The summed E-state index contributed by atoms with van der Waals surface area (Å²) in [6.45, 7) is 5.46. The van der Waals surface area contributed by atoms with Crippen LogP contribution in [0.5, 0.6) is 0 Å². The molecule has 4 rings (SSSR count). The monoisotopic (exact) mass is 420 g/mol. The van der Waals surface area contributed by atoms with Crippen LogP contribution in [0.3, 0.4) is 0 Å². The van der Waals surface area contributed by atoms with E-state index in [0.717, 1.165) is 31.6 Å². The highest BCUT2D eigenvalue weighted by atomic mass is 16.2. The van der Waals surface area contributed by atoms with Crippen LogP contribution < -0.4 is 15.5 Å². The molecule has 2 aliphatic rings. The zero-order valence-corrected chi connectivity index (χ0v) is 18.5. The standard InChI is InChI=1S/C25H32N4O2/c1-18-7-6-8-21(15-18)27-25(31)24(30)26-17-23(29-12-4-3-5-13-29)19-9-10-22-20(16-19)11-14-28(22)2/h6-10,15-16,23H,3-5,11-14,17H2,1-2H3,(H,26,30)(H,27,31)/t23-/m1/s1. The smallest absolute Gasteiger partial charge is 0.313 e. The molecule has 6 nitrogen and oxygen atoms in total. The van der Waals surface area contributed by atoms with E-state index in [1.165, 1.54) is 36.1 Å². The molecule has 0 spiro atoms. The Morgan fingerprint density at radius 1 is 1.00 bits per heavy atom. The summed E-state index contributed by atoms with van der Waals surface area (Å²) >= 11 is 0. The Labute approximate surface area is 184 Å². The lowest BCUT2D eigenvalue weighted by atomic mass is 9.98. The van der Waals surface area contributed by atoms with Crippen molar-refractivity contribution in [2.45, 2.75) is 38.6 Å². The van der Waals surface area contributed by atoms with Gasteiger partial charge >= 0.3 is 11.8 Å². The highest BCUT2D eigenvalue weighted by molar-refractivity contribution is 6.39. The molecule has 164 valence electrons. The van der Waals surface area contributed by atoms with Crippen molar-refractivity contribution in [1.29, 1.82) is 0 Å². The molecule has 2 N–H and O–H groups in total. The molecule has 2 aromatic carbocycles. The first kappa shape index (κ1) is 21.4. The average molecular weight is 421 g/mol. The van der Waals surface area contributed by atoms with E-state index in [0.29, 0.717) is 12.2 Å². The number of amides is 2. The minimum absolute atomic E-state index is 0.0761. The van der Waals surface area contributed by atoms with E-state index < -0.39 is 11.8 Å². The van der Waals surface area contributed by atoms with Crippen molar-refractivity contribution >= 4 is 23.2 Å². The zero-order chi connectivity index (χ0) is 21.8. The molecular formula is C25H32N4O2. The summed E-state index contributed by atoms with van der Waals surface area (Å²) in [6.07, 6.45) is 4.65. The highest BCUT2D eigenvalue weighted by Gasteiger charge is 2.26. The van der Waals surface area contributed by atoms with E-state index in [1.54, 1.807) is 6.07 Å². The van der Waals surface area contributed by atoms with E-state index in [-0.39, 0.29) is 6.04 Å². The summed E-state index contributed by atoms with van der Waals surface area (Å²) in [4.78, 5) is 29.7. The first-order valence-corrected chi connectivity index (χ1v) is 11.2. The Morgan fingerprint density at radius 3 is 2.58 bits per heavy atom. The molecule has 6 heteroatoms. The summed E-state index contributed by atoms with van der Waals surface area (Å²) in [5, 5.41) is 5.58. The number of hydrogen-bond donors (Lipinski definition) is 2. The summed E-state index contributed by atoms with van der Waals surface area (Å²) in [7, 11) is 2.13. The van der Waals surface area contributed by atoms with Gasteiger partial charge < -0.3 is 15.5 Å². The van der Waals surface area contributed by atoms with E-state index in [1.807, 2.05) is 25.1 Å².